The van der Waals surface area contributed by atoms with Gasteiger partial charge >= 0.3 is 5.97 Å². The van der Waals surface area contributed by atoms with Crippen molar-refractivity contribution in [2.45, 2.75) is 13.0 Å². The molecule has 0 saturated carbocycles. The standard InChI is InChI=1S/C14H12BrFN2O3/c1-7(21-12-4-8(15)6-18-13(12)17)11-5-9(16)2-3-10(11)14(19)20/h2-7H,1H3,(H2,17,18)(H,19,20). The van der Waals surface area contributed by atoms with Crippen LogP contribution < -0.4 is 10.5 Å². The first-order chi connectivity index (χ1) is 9.88. The Morgan fingerprint density at radius 1 is 1.48 bits per heavy atom. The van der Waals surface area contributed by atoms with Crippen LogP contribution in [-0.4, -0.2) is 16.1 Å². The SMILES string of the molecule is CC(Oc1cc(Br)cnc1N)c1cc(F)ccc1C(=O)O. The summed E-state index contributed by atoms with van der Waals surface area (Å²) >= 11 is 3.24. The van der Waals surface area contributed by atoms with Crippen molar-refractivity contribution in [3.8, 4) is 5.75 Å². The number of hydrogen-bond acceptors (Lipinski definition) is 4. The minimum atomic E-state index is -1.15. The summed E-state index contributed by atoms with van der Waals surface area (Å²) in [7, 11) is 0. The van der Waals surface area contributed by atoms with Gasteiger partial charge in [0.15, 0.2) is 11.6 Å². The Balaban J connectivity index is 2.36. The van der Waals surface area contributed by atoms with Gasteiger partial charge in [-0.05, 0) is 47.1 Å². The number of aromatic carboxylic acids is 1. The van der Waals surface area contributed by atoms with E-state index in [1.165, 1.54) is 12.3 Å². The van der Waals surface area contributed by atoms with E-state index in [2.05, 4.69) is 20.9 Å². The number of pyridine rings is 1. The molecule has 1 aromatic carbocycles. The predicted octanol–water partition coefficient (Wildman–Crippen LogP) is 3.40. The number of anilines is 1. The largest absolute Gasteiger partial charge is 0.482 e. The third-order valence-corrected chi connectivity index (χ3v) is 3.27. The second-order valence-electron chi connectivity index (χ2n) is 4.33. The molecule has 3 N–H and O–H groups in total. The first-order valence-electron chi connectivity index (χ1n) is 5.99. The average Bonchev–Trinajstić information content (AvgIpc) is 2.42. The fraction of sp³-hybridized carbons (Fsp3) is 0.143. The number of nitrogen functional groups attached to an aromatic ring is 1. The molecule has 21 heavy (non-hydrogen) atoms. The van der Waals surface area contributed by atoms with Crippen LogP contribution in [0.1, 0.15) is 28.9 Å². The number of ether oxygens (including phenoxy) is 1. The van der Waals surface area contributed by atoms with Crippen LogP contribution in [0.4, 0.5) is 10.2 Å². The van der Waals surface area contributed by atoms with Gasteiger partial charge in [-0.1, -0.05) is 0 Å². The Kier molecular flexibility index (Phi) is 4.42. The minimum absolute atomic E-state index is 0.0228. The highest BCUT2D eigenvalue weighted by molar-refractivity contribution is 9.10. The minimum Gasteiger partial charge on any atom is -0.482 e. The summed E-state index contributed by atoms with van der Waals surface area (Å²) in [6, 6.07) is 5.04. The van der Waals surface area contributed by atoms with Crippen molar-refractivity contribution in [3.05, 3.63) is 51.9 Å². The molecule has 2 rings (SSSR count). The van der Waals surface area contributed by atoms with Gasteiger partial charge in [0.2, 0.25) is 0 Å². The Morgan fingerprint density at radius 2 is 2.19 bits per heavy atom. The summed E-state index contributed by atoms with van der Waals surface area (Å²) in [6.07, 6.45) is 0.808. The molecular weight excluding hydrogens is 343 g/mol. The number of benzene rings is 1. The summed E-state index contributed by atoms with van der Waals surface area (Å²) in [5.74, 6) is -1.23. The molecule has 0 spiro atoms. The second-order valence-corrected chi connectivity index (χ2v) is 5.25. The van der Waals surface area contributed by atoms with Crippen LogP contribution in [0.15, 0.2) is 34.9 Å². The maximum atomic E-state index is 13.4. The Morgan fingerprint density at radius 3 is 2.86 bits per heavy atom. The number of aromatic nitrogens is 1. The smallest absolute Gasteiger partial charge is 0.336 e. The van der Waals surface area contributed by atoms with Gasteiger partial charge in [0.05, 0.1) is 5.56 Å². The van der Waals surface area contributed by atoms with E-state index in [-0.39, 0.29) is 22.7 Å². The lowest BCUT2D eigenvalue weighted by Gasteiger charge is -2.18. The summed E-state index contributed by atoms with van der Waals surface area (Å²) in [4.78, 5) is 15.1. The van der Waals surface area contributed by atoms with E-state index in [9.17, 15) is 9.18 Å². The van der Waals surface area contributed by atoms with Gasteiger partial charge in [-0.3, -0.25) is 0 Å². The first kappa shape index (κ1) is 15.2. The highest BCUT2D eigenvalue weighted by Crippen LogP contribution is 2.30. The second kappa shape index (κ2) is 6.09. The van der Waals surface area contributed by atoms with Gasteiger partial charge in [-0.2, -0.15) is 0 Å². The van der Waals surface area contributed by atoms with E-state index in [0.717, 1.165) is 12.1 Å². The van der Waals surface area contributed by atoms with Crippen LogP contribution in [-0.2, 0) is 0 Å². The van der Waals surface area contributed by atoms with Gasteiger partial charge in [0.25, 0.3) is 0 Å². The van der Waals surface area contributed by atoms with E-state index in [1.54, 1.807) is 13.0 Å². The van der Waals surface area contributed by atoms with Crippen molar-refractivity contribution in [3.63, 3.8) is 0 Å². The third kappa shape index (κ3) is 3.49. The number of nitrogens with zero attached hydrogens (tertiary/aromatic N) is 1. The van der Waals surface area contributed by atoms with Crippen LogP contribution in [0.3, 0.4) is 0 Å². The van der Waals surface area contributed by atoms with Crippen molar-refractivity contribution >= 4 is 27.7 Å². The fourth-order valence-corrected chi connectivity index (χ4v) is 2.15. The van der Waals surface area contributed by atoms with E-state index in [1.807, 2.05) is 0 Å². The first-order valence-corrected chi connectivity index (χ1v) is 6.78. The number of carboxylic acids is 1. The van der Waals surface area contributed by atoms with Crippen molar-refractivity contribution in [2.24, 2.45) is 0 Å². The average molecular weight is 355 g/mol. The number of carbonyl (C=O) groups is 1. The van der Waals surface area contributed by atoms with E-state index in [4.69, 9.17) is 15.6 Å². The number of halogens is 2. The lowest BCUT2D eigenvalue weighted by molar-refractivity contribution is 0.0691. The van der Waals surface area contributed by atoms with E-state index < -0.39 is 17.9 Å². The summed E-state index contributed by atoms with van der Waals surface area (Å²) in [5, 5.41) is 9.15. The molecule has 1 unspecified atom stereocenters. The molecule has 0 aliphatic heterocycles. The Labute approximate surface area is 128 Å². The van der Waals surface area contributed by atoms with Crippen molar-refractivity contribution in [1.82, 2.24) is 4.98 Å². The predicted molar refractivity (Wildman–Crippen MR) is 78.8 cm³/mol. The summed E-state index contributed by atoms with van der Waals surface area (Å²) in [5.41, 5.74) is 5.90. The van der Waals surface area contributed by atoms with Gasteiger partial charge in [0, 0.05) is 16.2 Å². The highest BCUT2D eigenvalue weighted by atomic mass is 79.9. The van der Waals surface area contributed by atoms with Gasteiger partial charge < -0.3 is 15.6 Å². The zero-order chi connectivity index (χ0) is 15.6. The molecule has 0 bridgehead atoms. The number of carboxylic acid groups (broad SMARTS) is 1. The molecule has 0 aliphatic rings. The van der Waals surface area contributed by atoms with Crippen molar-refractivity contribution < 1.29 is 19.0 Å². The maximum absolute atomic E-state index is 13.4. The van der Waals surface area contributed by atoms with Crippen LogP contribution in [0.5, 0.6) is 5.75 Å². The molecule has 0 saturated heterocycles. The fourth-order valence-electron chi connectivity index (χ4n) is 1.84. The summed E-state index contributed by atoms with van der Waals surface area (Å²) < 4.78 is 19.6. The number of rotatable bonds is 4. The van der Waals surface area contributed by atoms with Crippen LogP contribution >= 0.6 is 15.9 Å². The van der Waals surface area contributed by atoms with E-state index >= 15 is 0 Å². The molecule has 1 aromatic heterocycles. The zero-order valence-corrected chi connectivity index (χ0v) is 12.6. The number of nitrogens with two attached hydrogens (primary N) is 1. The van der Waals surface area contributed by atoms with Gasteiger partial charge in [-0.15, -0.1) is 0 Å². The molecule has 110 valence electrons. The zero-order valence-electron chi connectivity index (χ0n) is 11.0. The maximum Gasteiger partial charge on any atom is 0.336 e. The molecular formula is C14H12BrFN2O3. The third-order valence-electron chi connectivity index (χ3n) is 2.83. The Hall–Kier alpha value is -2.15. The molecule has 7 heteroatoms. The van der Waals surface area contributed by atoms with Gasteiger partial charge in [-0.25, -0.2) is 14.2 Å². The van der Waals surface area contributed by atoms with Crippen molar-refractivity contribution in [1.29, 1.82) is 0 Å². The van der Waals surface area contributed by atoms with Crippen LogP contribution in [0.2, 0.25) is 0 Å². The van der Waals surface area contributed by atoms with E-state index in [0.29, 0.717) is 4.47 Å². The lowest BCUT2D eigenvalue weighted by atomic mass is 10.0. The number of hydrogen-bond donors (Lipinski definition) is 2. The quantitative estimate of drug-likeness (QED) is 0.878. The molecule has 0 amide bonds. The highest BCUT2D eigenvalue weighted by Gasteiger charge is 2.19. The lowest BCUT2D eigenvalue weighted by Crippen LogP contribution is -2.11. The Bertz CT molecular complexity index is 694. The van der Waals surface area contributed by atoms with Crippen LogP contribution in [0.25, 0.3) is 0 Å². The molecule has 0 fully saturated rings. The van der Waals surface area contributed by atoms with Crippen LogP contribution in [0, 0.1) is 5.82 Å². The molecule has 0 radical (unpaired) electrons. The van der Waals surface area contributed by atoms with Crippen molar-refractivity contribution in [2.75, 3.05) is 5.73 Å². The molecule has 1 heterocycles. The molecule has 0 aliphatic carbocycles. The normalized spacial score (nSPS) is 12.0. The molecule has 1 atom stereocenters. The topological polar surface area (TPSA) is 85.4 Å². The molecule has 2 aromatic rings. The van der Waals surface area contributed by atoms with Gasteiger partial charge in [0.1, 0.15) is 11.9 Å². The molecule has 5 nitrogen and oxygen atoms in total. The summed E-state index contributed by atoms with van der Waals surface area (Å²) in [6.45, 7) is 1.61. The monoisotopic (exact) mass is 354 g/mol.